The highest BCUT2D eigenvalue weighted by Crippen LogP contribution is 2.29. The summed E-state index contributed by atoms with van der Waals surface area (Å²) in [6.07, 6.45) is 0.800. The number of aryl methyl sites for hydroxylation is 2. The summed E-state index contributed by atoms with van der Waals surface area (Å²) in [5.74, 6) is 1.29. The van der Waals surface area contributed by atoms with Crippen molar-refractivity contribution < 1.29 is 14.6 Å². The summed E-state index contributed by atoms with van der Waals surface area (Å²) in [6, 6.07) is 9.79. The molecule has 0 atom stereocenters. The van der Waals surface area contributed by atoms with E-state index in [0.717, 1.165) is 23.1 Å². The molecule has 0 heterocycles. The summed E-state index contributed by atoms with van der Waals surface area (Å²) in [6.45, 7) is 8.33. The average Bonchev–Trinajstić information content (AvgIpc) is 2.56. The van der Waals surface area contributed by atoms with Crippen molar-refractivity contribution in [3.63, 3.8) is 0 Å². The molecule has 26 heavy (non-hydrogen) atoms. The van der Waals surface area contributed by atoms with Crippen LogP contribution in [0.25, 0.3) is 0 Å². The van der Waals surface area contributed by atoms with Crippen molar-refractivity contribution >= 4 is 5.91 Å². The molecule has 1 N–H and O–H groups in total. The van der Waals surface area contributed by atoms with E-state index < -0.39 is 0 Å². The molecule has 0 saturated carbocycles. The Morgan fingerprint density at radius 2 is 1.73 bits per heavy atom. The number of benzene rings is 2. The summed E-state index contributed by atoms with van der Waals surface area (Å²) in [5.41, 5.74) is 5.67. The monoisotopic (exact) mass is 355 g/mol. The lowest BCUT2D eigenvalue weighted by molar-refractivity contribution is -0.130. The standard InChI is InChI=1S/C22H29NO3/c1-14(2)19-11-17(7-8-21(19)24)12-20-15(3)9-18(10-16(20)4)26-13-22(25)23(5)6/h7-11,14,24H,12-13H2,1-6H3. The molecule has 0 aliphatic rings. The van der Waals surface area contributed by atoms with E-state index in [-0.39, 0.29) is 18.4 Å². The van der Waals surface area contributed by atoms with Crippen molar-refractivity contribution in [3.05, 3.63) is 58.1 Å². The Labute approximate surface area is 156 Å². The highest BCUT2D eigenvalue weighted by Gasteiger charge is 2.12. The number of phenols is 1. The van der Waals surface area contributed by atoms with Crippen LogP contribution in [-0.2, 0) is 11.2 Å². The first-order chi connectivity index (χ1) is 12.2. The average molecular weight is 355 g/mol. The molecule has 140 valence electrons. The number of ether oxygens (including phenoxy) is 1. The second-order valence-corrected chi connectivity index (χ2v) is 7.34. The lowest BCUT2D eigenvalue weighted by Crippen LogP contribution is -2.27. The van der Waals surface area contributed by atoms with E-state index in [0.29, 0.717) is 11.5 Å². The number of carbonyl (C=O) groups excluding carboxylic acids is 1. The van der Waals surface area contributed by atoms with Gasteiger partial charge in [0.1, 0.15) is 11.5 Å². The van der Waals surface area contributed by atoms with Gasteiger partial charge in [0.2, 0.25) is 0 Å². The zero-order valence-electron chi connectivity index (χ0n) is 16.6. The molecule has 2 aromatic rings. The minimum Gasteiger partial charge on any atom is -0.508 e. The number of carbonyl (C=O) groups is 1. The van der Waals surface area contributed by atoms with Gasteiger partial charge in [-0.1, -0.05) is 26.0 Å². The Morgan fingerprint density at radius 1 is 1.12 bits per heavy atom. The molecule has 4 nitrogen and oxygen atoms in total. The maximum Gasteiger partial charge on any atom is 0.259 e. The minimum atomic E-state index is -0.0605. The van der Waals surface area contributed by atoms with Crippen LogP contribution in [0, 0.1) is 13.8 Å². The molecule has 0 radical (unpaired) electrons. The number of aromatic hydroxyl groups is 1. The van der Waals surface area contributed by atoms with Crippen molar-refractivity contribution in [2.24, 2.45) is 0 Å². The van der Waals surface area contributed by atoms with E-state index in [1.54, 1.807) is 20.2 Å². The van der Waals surface area contributed by atoms with Gasteiger partial charge < -0.3 is 14.7 Å². The lowest BCUT2D eigenvalue weighted by Gasteiger charge is -2.16. The maximum absolute atomic E-state index is 11.7. The zero-order valence-corrected chi connectivity index (χ0v) is 16.6. The second-order valence-electron chi connectivity index (χ2n) is 7.34. The van der Waals surface area contributed by atoms with Gasteiger partial charge in [0.25, 0.3) is 5.91 Å². The molecule has 0 saturated heterocycles. The molecule has 0 aromatic heterocycles. The van der Waals surface area contributed by atoms with Crippen LogP contribution in [0.2, 0.25) is 0 Å². The van der Waals surface area contributed by atoms with Crippen LogP contribution in [-0.4, -0.2) is 36.6 Å². The Morgan fingerprint density at radius 3 is 2.27 bits per heavy atom. The molecule has 0 bridgehead atoms. The van der Waals surface area contributed by atoms with E-state index in [9.17, 15) is 9.90 Å². The van der Waals surface area contributed by atoms with Crippen LogP contribution in [0.1, 0.15) is 47.6 Å². The van der Waals surface area contributed by atoms with Gasteiger partial charge >= 0.3 is 0 Å². The molecule has 4 heteroatoms. The summed E-state index contributed by atoms with van der Waals surface area (Å²) in [4.78, 5) is 13.2. The fraction of sp³-hybridized carbons (Fsp3) is 0.409. The lowest BCUT2D eigenvalue weighted by atomic mass is 9.93. The van der Waals surface area contributed by atoms with Crippen LogP contribution in [0.3, 0.4) is 0 Å². The summed E-state index contributed by atoms with van der Waals surface area (Å²) in [7, 11) is 3.43. The summed E-state index contributed by atoms with van der Waals surface area (Å²) >= 11 is 0. The normalized spacial score (nSPS) is 10.9. The molecule has 2 aromatic carbocycles. The second kappa shape index (κ2) is 8.26. The van der Waals surface area contributed by atoms with Gasteiger partial charge in [0.15, 0.2) is 6.61 Å². The smallest absolute Gasteiger partial charge is 0.259 e. The first kappa shape index (κ1) is 19.8. The van der Waals surface area contributed by atoms with Gasteiger partial charge in [-0.2, -0.15) is 0 Å². The zero-order chi connectivity index (χ0) is 19.4. The third-order valence-electron chi connectivity index (χ3n) is 4.63. The largest absolute Gasteiger partial charge is 0.508 e. The molecule has 0 unspecified atom stereocenters. The van der Waals surface area contributed by atoms with Gasteiger partial charge in [-0.3, -0.25) is 4.79 Å². The van der Waals surface area contributed by atoms with Crippen LogP contribution < -0.4 is 4.74 Å². The number of nitrogens with zero attached hydrogens (tertiary/aromatic N) is 1. The molecule has 1 amide bonds. The van der Waals surface area contributed by atoms with Crippen molar-refractivity contribution in [3.8, 4) is 11.5 Å². The number of hydrogen-bond donors (Lipinski definition) is 1. The van der Waals surface area contributed by atoms with Crippen molar-refractivity contribution in [2.45, 2.75) is 40.0 Å². The molecule has 0 fully saturated rings. The Bertz CT molecular complexity index is 771. The maximum atomic E-state index is 11.7. The van der Waals surface area contributed by atoms with Crippen LogP contribution in [0.5, 0.6) is 11.5 Å². The van der Waals surface area contributed by atoms with Gasteiger partial charge in [0.05, 0.1) is 0 Å². The number of hydrogen-bond acceptors (Lipinski definition) is 3. The van der Waals surface area contributed by atoms with Crippen LogP contribution >= 0.6 is 0 Å². The molecular formula is C22H29NO3. The van der Waals surface area contributed by atoms with E-state index in [4.69, 9.17) is 4.74 Å². The minimum absolute atomic E-state index is 0.0426. The number of phenolic OH excluding ortho intramolecular Hbond substituents is 1. The van der Waals surface area contributed by atoms with E-state index in [2.05, 4.69) is 33.8 Å². The topological polar surface area (TPSA) is 49.8 Å². The SMILES string of the molecule is Cc1cc(OCC(=O)N(C)C)cc(C)c1Cc1ccc(O)c(C(C)C)c1. The van der Waals surface area contributed by atoms with Gasteiger partial charge in [-0.25, -0.2) is 0 Å². The van der Waals surface area contributed by atoms with Crippen molar-refractivity contribution in [2.75, 3.05) is 20.7 Å². The summed E-state index contributed by atoms with van der Waals surface area (Å²) in [5, 5.41) is 10.0. The van der Waals surface area contributed by atoms with E-state index in [1.165, 1.54) is 16.0 Å². The van der Waals surface area contributed by atoms with Crippen molar-refractivity contribution in [1.82, 2.24) is 4.90 Å². The Hall–Kier alpha value is -2.49. The van der Waals surface area contributed by atoms with E-state index in [1.807, 2.05) is 18.2 Å². The van der Waals surface area contributed by atoms with E-state index >= 15 is 0 Å². The first-order valence-corrected chi connectivity index (χ1v) is 8.94. The number of likely N-dealkylation sites (N-methyl/N-ethyl adjacent to an activating group) is 1. The Kier molecular flexibility index (Phi) is 6.30. The number of amides is 1. The summed E-state index contributed by atoms with van der Waals surface area (Å²) < 4.78 is 5.64. The third-order valence-corrected chi connectivity index (χ3v) is 4.63. The van der Waals surface area contributed by atoms with Crippen molar-refractivity contribution in [1.29, 1.82) is 0 Å². The highest BCUT2D eigenvalue weighted by molar-refractivity contribution is 5.77. The predicted octanol–water partition coefficient (Wildman–Crippen LogP) is 4.19. The molecule has 0 aliphatic heterocycles. The molecular weight excluding hydrogens is 326 g/mol. The molecule has 2 rings (SSSR count). The molecule has 0 spiro atoms. The highest BCUT2D eigenvalue weighted by atomic mass is 16.5. The fourth-order valence-electron chi connectivity index (χ4n) is 2.97. The third kappa shape index (κ3) is 4.78. The predicted molar refractivity (Wildman–Crippen MR) is 105 cm³/mol. The Balaban J connectivity index is 2.21. The van der Waals surface area contributed by atoms with Gasteiger partial charge in [0, 0.05) is 14.1 Å². The first-order valence-electron chi connectivity index (χ1n) is 8.94. The van der Waals surface area contributed by atoms with Gasteiger partial charge in [-0.15, -0.1) is 0 Å². The van der Waals surface area contributed by atoms with Crippen LogP contribution in [0.4, 0.5) is 0 Å². The molecule has 0 aliphatic carbocycles. The fourth-order valence-corrected chi connectivity index (χ4v) is 2.97. The van der Waals surface area contributed by atoms with Gasteiger partial charge in [-0.05, 0) is 72.2 Å². The number of rotatable bonds is 6. The van der Waals surface area contributed by atoms with Crippen LogP contribution in [0.15, 0.2) is 30.3 Å². The quantitative estimate of drug-likeness (QED) is 0.845.